The third-order valence-corrected chi connectivity index (χ3v) is 2.42. The van der Waals surface area contributed by atoms with Gasteiger partial charge in [0, 0.05) is 14.2 Å². The standard InChI is InChI=1S/C10H18O2/c1-11-9-7-5-3-4-6-8-10(9)12-2/h3-4,9-10H,5-8H2,1-2H3. The van der Waals surface area contributed by atoms with Crippen LogP contribution in [0, 0.1) is 0 Å². The summed E-state index contributed by atoms with van der Waals surface area (Å²) < 4.78 is 10.7. The molecule has 1 aliphatic rings. The molecule has 0 aliphatic heterocycles. The van der Waals surface area contributed by atoms with E-state index in [1.54, 1.807) is 14.2 Å². The minimum Gasteiger partial charge on any atom is -0.379 e. The van der Waals surface area contributed by atoms with E-state index in [-0.39, 0.29) is 12.2 Å². The highest BCUT2D eigenvalue weighted by molar-refractivity contribution is 4.88. The molecule has 0 bridgehead atoms. The van der Waals surface area contributed by atoms with E-state index in [2.05, 4.69) is 12.2 Å². The molecule has 0 amide bonds. The second-order valence-electron chi connectivity index (χ2n) is 3.17. The molecule has 2 heteroatoms. The Bertz CT molecular complexity index is 127. The lowest BCUT2D eigenvalue weighted by Gasteiger charge is -2.25. The van der Waals surface area contributed by atoms with Crippen LogP contribution in [0.5, 0.6) is 0 Å². The molecule has 0 aromatic carbocycles. The van der Waals surface area contributed by atoms with Crippen LogP contribution < -0.4 is 0 Å². The minimum atomic E-state index is 0.278. The molecule has 70 valence electrons. The molecule has 0 heterocycles. The van der Waals surface area contributed by atoms with E-state index >= 15 is 0 Å². The van der Waals surface area contributed by atoms with Gasteiger partial charge in [-0.2, -0.15) is 0 Å². The summed E-state index contributed by atoms with van der Waals surface area (Å²) in [6, 6.07) is 0. The van der Waals surface area contributed by atoms with Crippen LogP contribution in [-0.4, -0.2) is 26.4 Å². The summed E-state index contributed by atoms with van der Waals surface area (Å²) >= 11 is 0. The summed E-state index contributed by atoms with van der Waals surface area (Å²) in [5.74, 6) is 0. The van der Waals surface area contributed by atoms with Crippen LogP contribution in [0.25, 0.3) is 0 Å². The van der Waals surface area contributed by atoms with Gasteiger partial charge in [-0.25, -0.2) is 0 Å². The molecule has 0 fully saturated rings. The zero-order chi connectivity index (χ0) is 8.81. The molecule has 1 aliphatic carbocycles. The third-order valence-electron chi connectivity index (χ3n) is 2.42. The molecule has 0 saturated heterocycles. The Morgan fingerprint density at radius 2 is 1.33 bits per heavy atom. The van der Waals surface area contributed by atoms with Crippen molar-refractivity contribution in [1.29, 1.82) is 0 Å². The lowest BCUT2D eigenvalue weighted by molar-refractivity contribution is -0.0429. The third kappa shape index (κ3) is 2.61. The summed E-state index contributed by atoms with van der Waals surface area (Å²) in [7, 11) is 3.53. The van der Waals surface area contributed by atoms with Crippen LogP contribution in [0.2, 0.25) is 0 Å². The van der Waals surface area contributed by atoms with Gasteiger partial charge in [0.25, 0.3) is 0 Å². The minimum absolute atomic E-state index is 0.278. The van der Waals surface area contributed by atoms with Crippen LogP contribution in [0.4, 0.5) is 0 Å². The first-order valence-corrected chi connectivity index (χ1v) is 4.59. The molecule has 0 aromatic heterocycles. The fourth-order valence-corrected chi connectivity index (χ4v) is 1.67. The van der Waals surface area contributed by atoms with E-state index in [1.807, 2.05) is 0 Å². The monoisotopic (exact) mass is 170 g/mol. The number of ether oxygens (including phenoxy) is 2. The Kier molecular flexibility index (Phi) is 4.33. The van der Waals surface area contributed by atoms with Crippen molar-refractivity contribution < 1.29 is 9.47 Å². The zero-order valence-electron chi connectivity index (χ0n) is 7.95. The smallest absolute Gasteiger partial charge is 0.0835 e. The Labute approximate surface area is 74.6 Å². The Balaban J connectivity index is 2.48. The largest absolute Gasteiger partial charge is 0.379 e. The quantitative estimate of drug-likeness (QED) is 0.591. The SMILES string of the molecule is COC1CCC=CCCC1OC. The number of rotatable bonds is 2. The van der Waals surface area contributed by atoms with Gasteiger partial charge in [-0.15, -0.1) is 0 Å². The summed E-state index contributed by atoms with van der Waals surface area (Å²) in [5.41, 5.74) is 0. The van der Waals surface area contributed by atoms with Gasteiger partial charge in [0.05, 0.1) is 12.2 Å². The average molecular weight is 170 g/mol. The van der Waals surface area contributed by atoms with Gasteiger partial charge in [-0.05, 0) is 25.7 Å². The molecule has 0 saturated carbocycles. The van der Waals surface area contributed by atoms with E-state index in [4.69, 9.17) is 9.47 Å². The highest BCUT2D eigenvalue weighted by atomic mass is 16.5. The average Bonchev–Trinajstić information content (AvgIpc) is 2.05. The van der Waals surface area contributed by atoms with Crippen molar-refractivity contribution >= 4 is 0 Å². The maximum Gasteiger partial charge on any atom is 0.0835 e. The maximum atomic E-state index is 5.37. The highest BCUT2D eigenvalue weighted by Gasteiger charge is 2.20. The summed E-state index contributed by atoms with van der Waals surface area (Å²) in [6.07, 6.45) is 9.39. The van der Waals surface area contributed by atoms with E-state index in [0.717, 1.165) is 25.7 Å². The first-order chi connectivity index (χ1) is 5.88. The van der Waals surface area contributed by atoms with Crippen molar-refractivity contribution in [2.45, 2.75) is 37.9 Å². The van der Waals surface area contributed by atoms with E-state index < -0.39 is 0 Å². The van der Waals surface area contributed by atoms with Crippen LogP contribution in [0.15, 0.2) is 12.2 Å². The molecule has 0 N–H and O–H groups in total. The molecular formula is C10H18O2. The molecular weight excluding hydrogens is 152 g/mol. The fourth-order valence-electron chi connectivity index (χ4n) is 1.67. The summed E-state index contributed by atoms with van der Waals surface area (Å²) in [6.45, 7) is 0. The normalized spacial score (nSPS) is 31.2. The fraction of sp³-hybridized carbons (Fsp3) is 0.800. The van der Waals surface area contributed by atoms with Gasteiger partial charge >= 0.3 is 0 Å². The predicted octanol–water partition coefficient (Wildman–Crippen LogP) is 2.15. The van der Waals surface area contributed by atoms with Crippen molar-refractivity contribution in [2.24, 2.45) is 0 Å². The molecule has 1 rings (SSSR count). The van der Waals surface area contributed by atoms with E-state index in [1.165, 1.54) is 0 Å². The topological polar surface area (TPSA) is 18.5 Å². The van der Waals surface area contributed by atoms with Crippen LogP contribution >= 0.6 is 0 Å². The van der Waals surface area contributed by atoms with Crippen molar-refractivity contribution in [3.8, 4) is 0 Å². The van der Waals surface area contributed by atoms with Crippen molar-refractivity contribution in [3.63, 3.8) is 0 Å². The summed E-state index contributed by atoms with van der Waals surface area (Å²) in [5, 5.41) is 0. The molecule has 2 nitrogen and oxygen atoms in total. The van der Waals surface area contributed by atoms with Gasteiger partial charge in [0.1, 0.15) is 0 Å². The van der Waals surface area contributed by atoms with Gasteiger partial charge in [-0.3, -0.25) is 0 Å². The molecule has 12 heavy (non-hydrogen) atoms. The second kappa shape index (κ2) is 5.33. The van der Waals surface area contributed by atoms with Crippen molar-refractivity contribution in [2.75, 3.05) is 14.2 Å². The Morgan fingerprint density at radius 3 is 1.67 bits per heavy atom. The van der Waals surface area contributed by atoms with Gasteiger partial charge < -0.3 is 9.47 Å². The lowest BCUT2D eigenvalue weighted by atomic mass is 10.0. The Hall–Kier alpha value is -0.340. The van der Waals surface area contributed by atoms with Gasteiger partial charge in [-0.1, -0.05) is 12.2 Å². The molecule has 0 radical (unpaired) electrons. The first-order valence-electron chi connectivity index (χ1n) is 4.59. The second-order valence-corrected chi connectivity index (χ2v) is 3.17. The lowest BCUT2D eigenvalue weighted by Crippen LogP contribution is -2.30. The first kappa shape index (κ1) is 9.75. The van der Waals surface area contributed by atoms with Crippen LogP contribution in [0.3, 0.4) is 0 Å². The molecule has 0 spiro atoms. The van der Waals surface area contributed by atoms with Crippen LogP contribution in [0.1, 0.15) is 25.7 Å². The summed E-state index contributed by atoms with van der Waals surface area (Å²) in [4.78, 5) is 0. The van der Waals surface area contributed by atoms with Crippen molar-refractivity contribution in [1.82, 2.24) is 0 Å². The van der Waals surface area contributed by atoms with Gasteiger partial charge in [0.15, 0.2) is 0 Å². The maximum absolute atomic E-state index is 5.37. The van der Waals surface area contributed by atoms with Crippen molar-refractivity contribution in [3.05, 3.63) is 12.2 Å². The number of hydrogen-bond acceptors (Lipinski definition) is 2. The molecule has 0 aromatic rings. The van der Waals surface area contributed by atoms with E-state index in [0.29, 0.717) is 0 Å². The number of methoxy groups -OCH3 is 2. The number of allylic oxidation sites excluding steroid dienone is 2. The van der Waals surface area contributed by atoms with Crippen LogP contribution in [-0.2, 0) is 9.47 Å². The Morgan fingerprint density at radius 1 is 0.917 bits per heavy atom. The highest BCUT2D eigenvalue weighted by Crippen LogP contribution is 2.17. The van der Waals surface area contributed by atoms with Gasteiger partial charge in [0.2, 0.25) is 0 Å². The number of hydrogen-bond donors (Lipinski definition) is 0. The van der Waals surface area contributed by atoms with E-state index in [9.17, 15) is 0 Å². The molecule has 2 unspecified atom stereocenters. The molecule has 2 atom stereocenters. The predicted molar refractivity (Wildman–Crippen MR) is 49.2 cm³/mol. The zero-order valence-corrected chi connectivity index (χ0v) is 7.95.